The molecule has 0 amide bonds. The summed E-state index contributed by atoms with van der Waals surface area (Å²) in [6, 6.07) is 9.97. The monoisotopic (exact) mass is 355 g/mol. The zero-order valence-electron chi connectivity index (χ0n) is 15.6. The van der Waals surface area contributed by atoms with Gasteiger partial charge < -0.3 is 10.2 Å². The van der Waals surface area contributed by atoms with E-state index in [4.69, 9.17) is 5.10 Å². The maximum Gasteiger partial charge on any atom is 0.350 e. The summed E-state index contributed by atoms with van der Waals surface area (Å²) < 4.78 is 3.58. The van der Waals surface area contributed by atoms with Gasteiger partial charge >= 0.3 is 5.69 Å². The summed E-state index contributed by atoms with van der Waals surface area (Å²) in [5.74, 6) is 1.81. The van der Waals surface area contributed by atoms with Crippen molar-refractivity contribution in [3.63, 3.8) is 0 Å². The molecule has 2 fully saturated rings. The van der Waals surface area contributed by atoms with E-state index in [9.17, 15) is 4.79 Å². The van der Waals surface area contributed by atoms with Crippen LogP contribution < -0.4 is 11.0 Å². The molecule has 0 radical (unpaired) electrons. The van der Waals surface area contributed by atoms with Gasteiger partial charge in [-0.15, -0.1) is 0 Å². The predicted octanol–water partition coefficient (Wildman–Crippen LogP) is 1.84. The highest BCUT2D eigenvalue weighted by Crippen LogP contribution is 2.25. The van der Waals surface area contributed by atoms with E-state index in [0.717, 1.165) is 70.0 Å². The number of nitrogens with zero attached hydrogens (tertiary/aromatic N) is 4. The van der Waals surface area contributed by atoms with Crippen molar-refractivity contribution in [2.24, 2.45) is 5.92 Å². The van der Waals surface area contributed by atoms with E-state index in [-0.39, 0.29) is 5.69 Å². The molecule has 3 heterocycles. The van der Waals surface area contributed by atoms with Crippen molar-refractivity contribution in [2.45, 2.75) is 38.6 Å². The van der Waals surface area contributed by atoms with Gasteiger partial charge in [-0.2, -0.15) is 5.10 Å². The van der Waals surface area contributed by atoms with Crippen LogP contribution in [0.4, 0.5) is 0 Å². The minimum atomic E-state index is 0.0136. The molecule has 1 N–H and O–H groups in total. The molecule has 0 saturated carbocycles. The molecule has 1 atom stereocenters. The molecule has 2 aliphatic rings. The molecule has 6 nitrogen and oxygen atoms in total. The van der Waals surface area contributed by atoms with Crippen molar-refractivity contribution in [1.29, 1.82) is 0 Å². The topological polar surface area (TPSA) is 55.1 Å². The smallest absolute Gasteiger partial charge is 0.317 e. The third kappa shape index (κ3) is 3.48. The van der Waals surface area contributed by atoms with Crippen LogP contribution in [0.1, 0.15) is 37.9 Å². The predicted molar refractivity (Wildman–Crippen MR) is 103 cm³/mol. The molecule has 2 aromatic rings. The van der Waals surface area contributed by atoms with Crippen LogP contribution in [0.5, 0.6) is 0 Å². The Morgan fingerprint density at radius 3 is 2.62 bits per heavy atom. The lowest BCUT2D eigenvalue weighted by atomic mass is 9.97. The van der Waals surface area contributed by atoms with Crippen LogP contribution in [-0.4, -0.2) is 52.0 Å². The van der Waals surface area contributed by atoms with E-state index in [1.165, 1.54) is 0 Å². The lowest BCUT2D eigenvalue weighted by molar-refractivity contribution is 0.326. The number of aromatic nitrogens is 3. The molecule has 26 heavy (non-hydrogen) atoms. The number of piperidine rings is 1. The highest BCUT2D eigenvalue weighted by atomic mass is 16.2. The van der Waals surface area contributed by atoms with Crippen LogP contribution in [-0.2, 0) is 6.54 Å². The van der Waals surface area contributed by atoms with Crippen molar-refractivity contribution in [3.8, 4) is 5.69 Å². The fourth-order valence-corrected chi connectivity index (χ4v) is 4.30. The van der Waals surface area contributed by atoms with E-state index in [0.29, 0.717) is 11.8 Å². The highest BCUT2D eigenvalue weighted by molar-refractivity contribution is 5.33. The zero-order valence-corrected chi connectivity index (χ0v) is 15.6. The minimum absolute atomic E-state index is 0.0136. The van der Waals surface area contributed by atoms with Crippen LogP contribution in [0.15, 0.2) is 35.1 Å². The van der Waals surface area contributed by atoms with Gasteiger partial charge in [0, 0.05) is 12.5 Å². The number of hydrogen-bond donors (Lipinski definition) is 1. The molecular weight excluding hydrogens is 326 g/mol. The second-order valence-electron chi connectivity index (χ2n) is 7.57. The Morgan fingerprint density at radius 2 is 1.92 bits per heavy atom. The molecule has 6 heteroatoms. The summed E-state index contributed by atoms with van der Waals surface area (Å²) in [7, 11) is 0. The van der Waals surface area contributed by atoms with Gasteiger partial charge in [0.05, 0.1) is 12.2 Å². The van der Waals surface area contributed by atoms with Gasteiger partial charge in [0.25, 0.3) is 0 Å². The maximum absolute atomic E-state index is 13.2. The summed E-state index contributed by atoms with van der Waals surface area (Å²) in [5.41, 5.74) is 0.943. The molecule has 1 unspecified atom stereocenters. The Balaban J connectivity index is 1.67. The first-order valence-corrected chi connectivity index (χ1v) is 9.94. The maximum atomic E-state index is 13.2. The molecule has 1 aromatic carbocycles. The van der Waals surface area contributed by atoms with Crippen LogP contribution in [0.2, 0.25) is 0 Å². The van der Waals surface area contributed by atoms with Gasteiger partial charge in [0.1, 0.15) is 5.82 Å². The van der Waals surface area contributed by atoms with Crippen LogP contribution in [0.3, 0.4) is 0 Å². The highest BCUT2D eigenvalue weighted by Gasteiger charge is 2.27. The van der Waals surface area contributed by atoms with Crippen molar-refractivity contribution in [2.75, 3.05) is 32.7 Å². The third-order valence-corrected chi connectivity index (χ3v) is 5.83. The molecule has 4 rings (SSSR count). The van der Waals surface area contributed by atoms with Crippen molar-refractivity contribution < 1.29 is 0 Å². The number of benzene rings is 1. The Bertz CT molecular complexity index is 775. The number of para-hydroxylation sites is 1. The largest absolute Gasteiger partial charge is 0.350 e. The standard InChI is InChI=1S/C20H29N5O/c1-2-23-13-10-16(14-23)15-24-20(26)25(18-6-4-3-5-7-18)19(22-24)17-8-11-21-12-9-17/h3-7,16-17,21H,2,8-15H2,1H3. The average molecular weight is 355 g/mol. The number of rotatable bonds is 5. The number of hydrogen-bond acceptors (Lipinski definition) is 4. The van der Waals surface area contributed by atoms with Gasteiger partial charge in [-0.3, -0.25) is 0 Å². The van der Waals surface area contributed by atoms with Crippen LogP contribution in [0.25, 0.3) is 5.69 Å². The Hall–Kier alpha value is -1.92. The molecule has 0 aliphatic carbocycles. The zero-order chi connectivity index (χ0) is 17.9. The lowest BCUT2D eigenvalue weighted by Gasteiger charge is -2.22. The van der Waals surface area contributed by atoms with Crippen molar-refractivity contribution in [1.82, 2.24) is 24.6 Å². The minimum Gasteiger partial charge on any atom is -0.317 e. The Morgan fingerprint density at radius 1 is 1.15 bits per heavy atom. The first-order valence-electron chi connectivity index (χ1n) is 9.94. The molecule has 0 bridgehead atoms. The summed E-state index contributed by atoms with van der Waals surface area (Å²) in [4.78, 5) is 15.7. The molecule has 2 saturated heterocycles. The lowest BCUT2D eigenvalue weighted by Crippen LogP contribution is -2.30. The third-order valence-electron chi connectivity index (χ3n) is 5.83. The van der Waals surface area contributed by atoms with E-state index in [2.05, 4.69) is 17.1 Å². The first-order chi connectivity index (χ1) is 12.8. The SMILES string of the molecule is CCN1CCC(Cn2nc(C3CCNCC3)n(-c3ccccc3)c2=O)C1. The molecule has 0 spiro atoms. The van der Waals surface area contributed by atoms with E-state index in [1.54, 1.807) is 4.68 Å². The summed E-state index contributed by atoms with van der Waals surface area (Å²) in [6.45, 7) is 8.22. The first kappa shape index (κ1) is 17.5. The molecule has 2 aliphatic heterocycles. The van der Waals surface area contributed by atoms with E-state index in [1.807, 2.05) is 34.9 Å². The Labute approximate surface area is 154 Å². The summed E-state index contributed by atoms with van der Waals surface area (Å²) >= 11 is 0. The van der Waals surface area contributed by atoms with E-state index >= 15 is 0 Å². The van der Waals surface area contributed by atoms with Crippen molar-refractivity contribution >= 4 is 0 Å². The number of nitrogens with one attached hydrogen (secondary N) is 1. The second kappa shape index (κ2) is 7.76. The van der Waals surface area contributed by atoms with Gasteiger partial charge in [-0.25, -0.2) is 14.0 Å². The molecule has 140 valence electrons. The Kier molecular flexibility index (Phi) is 5.22. The van der Waals surface area contributed by atoms with Gasteiger partial charge in [0.15, 0.2) is 0 Å². The second-order valence-corrected chi connectivity index (χ2v) is 7.57. The quantitative estimate of drug-likeness (QED) is 0.889. The van der Waals surface area contributed by atoms with Gasteiger partial charge in [-0.1, -0.05) is 25.1 Å². The van der Waals surface area contributed by atoms with Crippen LogP contribution >= 0.6 is 0 Å². The van der Waals surface area contributed by atoms with Crippen LogP contribution in [0, 0.1) is 5.92 Å². The summed E-state index contributed by atoms with van der Waals surface area (Å²) in [6.07, 6.45) is 3.23. The fourth-order valence-electron chi connectivity index (χ4n) is 4.30. The van der Waals surface area contributed by atoms with Gasteiger partial charge in [0.2, 0.25) is 0 Å². The van der Waals surface area contributed by atoms with Gasteiger partial charge in [-0.05, 0) is 63.5 Å². The molecule has 1 aromatic heterocycles. The fraction of sp³-hybridized carbons (Fsp3) is 0.600. The normalized spacial score (nSPS) is 22.1. The average Bonchev–Trinajstić information content (AvgIpc) is 3.28. The number of likely N-dealkylation sites (tertiary alicyclic amines) is 1. The molecular formula is C20H29N5O. The summed E-state index contributed by atoms with van der Waals surface area (Å²) in [5, 5.41) is 8.25. The van der Waals surface area contributed by atoms with E-state index < -0.39 is 0 Å². The van der Waals surface area contributed by atoms with Crippen molar-refractivity contribution in [3.05, 3.63) is 46.6 Å².